The first-order valence-corrected chi connectivity index (χ1v) is 4.89. The summed E-state index contributed by atoms with van der Waals surface area (Å²) in [6.07, 6.45) is 3.31. The summed E-state index contributed by atoms with van der Waals surface area (Å²) in [5, 5.41) is 1.06. The Kier molecular flexibility index (Phi) is 1.86. The van der Waals surface area contributed by atoms with Gasteiger partial charge in [-0.2, -0.15) is 0 Å². The molecular formula is C12H9N3O. The molecule has 0 saturated carbocycles. The second-order valence-electron chi connectivity index (χ2n) is 3.48. The number of hydrogen-bond donors (Lipinski definition) is 1. The molecule has 0 bridgehead atoms. The number of anilines is 1. The predicted molar refractivity (Wildman–Crippen MR) is 61.7 cm³/mol. The second-order valence-corrected chi connectivity index (χ2v) is 3.48. The zero-order valence-corrected chi connectivity index (χ0v) is 8.42. The van der Waals surface area contributed by atoms with E-state index in [9.17, 15) is 0 Å². The molecule has 0 fully saturated rings. The van der Waals surface area contributed by atoms with Crippen LogP contribution in [0.3, 0.4) is 0 Å². The minimum atomic E-state index is 0.264. The molecule has 2 heterocycles. The number of rotatable bonds is 1. The van der Waals surface area contributed by atoms with Crippen molar-refractivity contribution in [2.24, 2.45) is 0 Å². The number of nitrogen functional groups attached to an aromatic ring is 1. The van der Waals surface area contributed by atoms with Crippen molar-refractivity contribution >= 4 is 16.9 Å². The normalized spacial score (nSPS) is 10.8. The van der Waals surface area contributed by atoms with Crippen LogP contribution in [0.15, 0.2) is 47.1 Å². The molecule has 1 aromatic carbocycles. The highest BCUT2D eigenvalue weighted by Gasteiger charge is 2.05. The van der Waals surface area contributed by atoms with Crippen LogP contribution in [-0.2, 0) is 0 Å². The van der Waals surface area contributed by atoms with Gasteiger partial charge in [-0.25, -0.2) is 9.97 Å². The van der Waals surface area contributed by atoms with Gasteiger partial charge >= 0.3 is 0 Å². The van der Waals surface area contributed by atoms with Gasteiger partial charge in [-0.05, 0) is 12.1 Å². The number of hydrogen-bond acceptors (Lipinski definition) is 4. The van der Waals surface area contributed by atoms with E-state index in [-0.39, 0.29) is 5.95 Å². The lowest BCUT2D eigenvalue weighted by Crippen LogP contribution is -1.92. The van der Waals surface area contributed by atoms with Crippen LogP contribution in [0.1, 0.15) is 0 Å². The molecule has 3 rings (SSSR count). The third-order valence-electron chi connectivity index (χ3n) is 2.38. The summed E-state index contributed by atoms with van der Waals surface area (Å²) in [6.45, 7) is 0. The standard InChI is InChI=1S/C12H9N3O/c13-12-14-6-9(7-15-12)11-5-8-3-1-2-4-10(8)16-11/h1-7H,(H2,13,14,15). The number of para-hydroxylation sites is 1. The zero-order chi connectivity index (χ0) is 11.0. The van der Waals surface area contributed by atoms with Crippen LogP contribution in [0.5, 0.6) is 0 Å². The van der Waals surface area contributed by atoms with E-state index in [0.717, 1.165) is 22.3 Å². The largest absolute Gasteiger partial charge is 0.456 e. The number of furan rings is 1. The zero-order valence-electron chi connectivity index (χ0n) is 8.42. The Morgan fingerprint density at radius 3 is 2.56 bits per heavy atom. The molecule has 0 saturated heterocycles. The van der Waals surface area contributed by atoms with Gasteiger partial charge in [-0.1, -0.05) is 18.2 Å². The third-order valence-corrected chi connectivity index (χ3v) is 2.38. The molecule has 2 N–H and O–H groups in total. The molecule has 0 unspecified atom stereocenters. The van der Waals surface area contributed by atoms with Crippen LogP contribution in [0, 0.1) is 0 Å². The van der Waals surface area contributed by atoms with Crippen LogP contribution in [0.4, 0.5) is 5.95 Å². The van der Waals surface area contributed by atoms with Crippen LogP contribution >= 0.6 is 0 Å². The average Bonchev–Trinajstić information content (AvgIpc) is 2.73. The molecule has 4 heteroatoms. The van der Waals surface area contributed by atoms with Gasteiger partial charge in [0.05, 0.1) is 5.56 Å². The summed E-state index contributed by atoms with van der Waals surface area (Å²) in [5.74, 6) is 1.01. The summed E-state index contributed by atoms with van der Waals surface area (Å²) in [5.41, 5.74) is 7.11. The Labute approximate surface area is 91.7 Å². The average molecular weight is 211 g/mol. The number of nitrogens with two attached hydrogens (primary N) is 1. The molecule has 3 aromatic rings. The summed E-state index contributed by atoms with van der Waals surface area (Å²) in [7, 11) is 0. The van der Waals surface area contributed by atoms with Crippen molar-refractivity contribution in [3.63, 3.8) is 0 Å². The van der Waals surface area contributed by atoms with Crippen molar-refractivity contribution < 1.29 is 4.42 Å². The van der Waals surface area contributed by atoms with Crippen LogP contribution in [0.2, 0.25) is 0 Å². The number of fused-ring (bicyclic) bond motifs is 1. The highest BCUT2D eigenvalue weighted by molar-refractivity contribution is 5.82. The second kappa shape index (κ2) is 3.34. The van der Waals surface area contributed by atoms with Crippen molar-refractivity contribution in [2.45, 2.75) is 0 Å². The fraction of sp³-hybridized carbons (Fsp3) is 0. The van der Waals surface area contributed by atoms with E-state index in [4.69, 9.17) is 10.2 Å². The molecule has 0 radical (unpaired) electrons. The fourth-order valence-corrected chi connectivity index (χ4v) is 1.59. The van der Waals surface area contributed by atoms with Gasteiger partial charge in [-0.3, -0.25) is 0 Å². The van der Waals surface area contributed by atoms with Crippen molar-refractivity contribution in [1.82, 2.24) is 9.97 Å². The van der Waals surface area contributed by atoms with E-state index >= 15 is 0 Å². The number of nitrogens with zero attached hydrogens (tertiary/aromatic N) is 2. The highest BCUT2D eigenvalue weighted by Crippen LogP contribution is 2.26. The Balaban J connectivity index is 2.15. The first kappa shape index (κ1) is 8.91. The molecule has 0 spiro atoms. The monoisotopic (exact) mass is 211 g/mol. The third kappa shape index (κ3) is 1.40. The van der Waals surface area contributed by atoms with Gasteiger partial charge in [0.25, 0.3) is 0 Å². The van der Waals surface area contributed by atoms with Crippen molar-refractivity contribution in [3.05, 3.63) is 42.7 Å². The molecule has 2 aromatic heterocycles. The van der Waals surface area contributed by atoms with E-state index < -0.39 is 0 Å². The van der Waals surface area contributed by atoms with Gasteiger partial charge in [0.1, 0.15) is 11.3 Å². The summed E-state index contributed by atoms with van der Waals surface area (Å²) in [4.78, 5) is 7.86. The Hall–Kier alpha value is -2.36. The van der Waals surface area contributed by atoms with E-state index in [0.29, 0.717) is 0 Å². The lowest BCUT2D eigenvalue weighted by Gasteiger charge is -1.94. The maximum atomic E-state index is 5.67. The molecule has 0 atom stereocenters. The van der Waals surface area contributed by atoms with Crippen molar-refractivity contribution in [1.29, 1.82) is 0 Å². The maximum absolute atomic E-state index is 5.67. The quantitative estimate of drug-likeness (QED) is 0.671. The molecule has 0 aliphatic heterocycles. The molecule has 0 aliphatic rings. The van der Waals surface area contributed by atoms with Gasteiger partial charge in [0.2, 0.25) is 5.95 Å². The minimum absolute atomic E-state index is 0.264. The lowest BCUT2D eigenvalue weighted by molar-refractivity contribution is 0.631. The number of benzene rings is 1. The van der Waals surface area contributed by atoms with E-state index in [1.165, 1.54) is 0 Å². The first-order valence-electron chi connectivity index (χ1n) is 4.89. The fourth-order valence-electron chi connectivity index (χ4n) is 1.59. The molecule has 0 aliphatic carbocycles. The van der Waals surface area contributed by atoms with Crippen LogP contribution in [-0.4, -0.2) is 9.97 Å². The van der Waals surface area contributed by atoms with Gasteiger partial charge in [0.15, 0.2) is 0 Å². The summed E-state index contributed by atoms with van der Waals surface area (Å²) in [6, 6.07) is 9.80. The van der Waals surface area contributed by atoms with Crippen molar-refractivity contribution in [3.8, 4) is 11.3 Å². The Bertz CT molecular complexity index is 595. The number of aromatic nitrogens is 2. The summed E-state index contributed by atoms with van der Waals surface area (Å²) < 4.78 is 5.67. The maximum Gasteiger partial charge on any atom is 0.219 e. The summed E-state index contributed by atoms with van der Waals surface area (Å²) >= 11 is 0. The predicted octanol–water partition coefficient (Wildman–Crippen LogP) is 2.47. The smallest absolute Gasteiger partial charge is 0.219 e. The lowest BCUT2D eigenvalue weighted by atomic mass is 10.2. The Morgan fingerprint density at radius 2 is 1.81 bits per heavy atom. The molecule has 0 amide bonds. The van der Waals surface area contributed by atoms with Crippen molar-refractivity contribution in [2.75, 3.05) is 5.73 Å². The SMILES string of the molecule is Nc1ncc(-c2cc3ccccc3o2)cn1. The van der Waals surface area contributed by atoms with E-state index in [1.54, 1.807) is 12.4 Å². The molecule has 4 nitrogen and oxygen atoms in total. The topological polar surface area (TPSA) is 64.9 Å². The molecule has 78 valence electrons. The Morgan fingerprint density at radius 1 is 1.06 bits per heavy atom. The van der Waals surface area contributed by atoms with Crippen LogP contribution < -0.4 is 5.73 Å². The molecular weight excluding hydrogens is 202 g/mol. The molecule has 16 heavy (non-hydrogen) atoms. The van der Waals surface area contributed by atoms with Gasteiger partial charge < -0.3 is 10.2 Å². The minimum Gasteiger partial charge on any atom is -0.456 e. The highest BCUT2D eigenvalue weighted by atomic mass is 16.3. The van der Waals surface area contributed by atoms with Crippen LogP contribution in [0.25, 0.3) is 22.3 Å². The van der Waals surface area contributed by atoms with Gasteiger partial charge in [-0.15, -0.1) is 0 Å². The van der Waals surface area contributed by atoms with E-state index in [2.05, 4.69) is 9.97 Å². The van der Waals surface area contributed by atoms with Gasteiger partial charge in [0, 0.05) is 17.8 Å². The van der Waals surface area contributed by atoms with E-state index in [1.807, 2.05) is 30.3 Å². The first-order chi connectivity index (χ1) is 7.83.